The fourth-order valence-corrected chi connectivity index (χ4v) is 0. The summed E-state index contributed by atoms with van der Waals surface area (Å²) in [6.07, 6.45) is 0. The van der Waals surface area contributed by atoms with E-state index in [1.165, 1.54) is 0 Å². The van der Waals surface area contributed by atoms with Crippen LogP contribution in [0, 0.1) is 0 Å². The molecule has 0 aromatic heterocycles. The summed E-state index contributed by atoms with van der Waals surface area (Å²) >= 11 is 0. The van der Waals surface area contributed by atoms with Crippen LogP contribution in [-0.4, -0.2) is 5.21 Å². The Kier molecular flexibility index (Phi) is 51.1. The fraction of sp³-hybridized carbons (Fsp3) is 0. The molecule has 3 N–H and O–H groups in total. The minimum atomic E-state index is -5.39. The first kappa shape index (κ1) is 51.0. The summed E-state index contributed by atoms with van der Waals surface area (Å²) in [5.74, 6) is 3.50. The Labute approximate surface area is 196 Å². The van der Waals surface area contributed by atoms with Gasteiger partial charge in [-0.2, -0.15) is 31.3 Å². The second-order valence-electron chi connectivity index (χ2n) is 1.79. The van der Waals surface area contributed by atoms with E-state index in [0.29, 0.717) is 0 Å². The first-order valence-corrected chi connectivity index (χ1v) is 9.02. The molecule has 0 unspecified atom stereocenters. The Bertz CT molecular complexity index is 299. The average molecular weight is 687 g/mol. The third-order valence-corrected chi connectivity index (χ3v) is 0. The molecule has 0 amide bonds. The van der Waals surface area contributed by atoms with Crippen molar-refractivity contribution in [2.45, 2.75) is 0 Å². The Balaban J connectivity index is -0.0000000239. The second-order valence-corrected chi connectivity index (χ2v) is 5.37. The maximum atomic E-state index is 8.55. The van der Waals surface area contributed by atoms with Crippen molar-refractivity contribution in [3.8, 4) is 0 Å². The van der Waals surface area contributed by atoms with Gasteiger partial charge in [-0.05, 0) is 0 Å². The molecule has 25 heteroatoms. The molecule has 0 atom stereocenters. The average Bonchev–Trinajstić information content (AvgIpc) is 1.92. The molecule has 142 valence electrons. The number of hydrogen-bond acceptors (Lipinski definition) is 18. The summed E-state index contributed by atoms with van der Waals surface area (Å²) in [5.41, 5.74) is 0. The summed E-state index contributed by atoms with van der Waals surface area (Å²) in [5, 5.41) is 6.50. The van der Waals surface area contributed by atoms with Gasteiger partial charge in [0.1, 0.15) is 0 Å². The van der Waals surface area contributed by atoms with Crippen LogP contribution in [0.2, 0.25) is 0 Å². The van der Waals surface area contributed by atoms with Crippen molar-refractivity contribution in [1.82, 2.24) is 0 Å². The summed E-state index contributed by atoms with van der Waals surface area (Å²) in [4.78, 5) is 103. The van der Waals surface area contributed by atoms with E-state index < -0.39 is 31.3 Å². The molecule has 0 spiro atoms. The van der Waals surface area contributed by atoms with Crippen molar-refractivity contribution in [2.24, 2.45) is 5.90 Å². The van der Waals surface area contributed by atoms with Gasteiger partial charge in [-0.25, -0.2) is 5.90 Å². The predicted octanol–water partition coefficient (Wildman–Crippen LogP) is -12.0. The molecule has 18 nitrogen and oxygen atoms in total. The maximum absolute atomic E-state index is 8.55. The fourth-order valence-electron chi connectivity index (χ4n) is 0. The number of rotatable bonds is 0. The Morgan fingerprint density at radius 1 is 0.400 bits per heavy atom. The molecule has 0 radical (unpaired) electrons. The van der Waals surface area contributed by atoms with Gasteiger partial charge < -0.3 is 82.2 Å². The van der Waals surface area contributed by atoms with Gasteiger partial charge in [-0.15, -0.1) is 0 Å². The van der Waals surface area contributed by atoms with E-state index in [9.17, 15) is 0 Å². The van der Waals surface area contributed by atoms with Crippen molar-refractivity contribution in [1.29, 1.82) is 0 Å². The van der Waals surface area contributed by atoms with Gasteiger partial charge in [0.05, 0.1) is 0 Å². The molecule has 0 aromatic rings. The Morgan fingerprint density at radius 2 is 0.400 bits per heavy atom. The molecule has 0 saturated carbocycles. The van der Waals surface area contributed by atoms with Crippen molar-refractivity contribution >= 4 is 31.3 Å². The molecule has 0 aromatic carbocycles. The van der Waals surface area contributed by atoms with Crippen LogP contribution in [0.3, 0.4) is 0 Å². The predicted molar refractivity (Wildman–Crippen MR) is 36.4 cm³/mol. The van der Waals surface area contributed by atoms with Crippen LogP contribution < -0.4 is 64.6 Å². The number of hydrogen-bond donors (Lipinski definition) is 2. The standard InChI is InChI=1S/H3NO.4H3O4P.3Zr/c1-2;4*1-5(2,3)4;;;/h2H,1H2;4*(H3,1,2,3,4);;;/q;;;;;3*+4/p-12. The van der Waals surface area contributed by atoms with Crippen LogP contribution in [0.1, 0.15) is 0 Å². The molecule has 0 aliphatic heterocycles. The Hall–Kier alpha value is 3.01. The minimum Gasteiger partial charge on any atom is -0.822 e. The van der Waals surface area contributed by atoms with Crippen molar-refractivity contribution < 1.29 is 161 Å². The molecule has 0 heterocycles. The van der Waals surface area contributed by atoms with Crippen LogP contribution in [-0.2, 0) is 96.9 Å². The molecule has 0 fully saturated rings. The summed E-state index contributed by atoms with van der Waals surface area (Å²) in [6.45, 7) is 0. The van der Waals surface area contributed by atoms with Crippen molar-refractivity contribution in [3.63, 3.8) is 0 Å². The second kappa shape index (κ2) is 25.0. The van der Waals surface area contributed by atoms with Crippen LogP contribution >= 0.6 is 31.3 Å². The van der Waals surface area contributed by atoms with E-state index in [1.807, 2.05) is 0 Å². The van der Waals surface area contributed by atoms with Gasteiger partial charge in [-0.1, -0.05) is 0 Å². The maximum Gasteiger partial charge on any atom is 4.00 e. The van der Waals surface area contributed by atoms with E-state index in [4.69, 9.17) is 82.2 Å². The third kappa shape index (κ3) is 1870. The smallest absolute Gasteiger partial charge is 0.822 e. The van der Waals surface area contributed by atoms with E-state index in [2.05, 4.69) is 5.90 Å². The van der Waals surface area contributed by atoms with E-state index >= 15 is 0 Å². The molecule has 25 heavy (non-hydrogen) atoms. The Morgan fingerprint density at radius 3 is 0.400 bits per heavy atom. The van der Waals surface area contributed by atoms with E-state index in [0.717, 1.165) is 0 Å². The van der Waals surface area contributed by atoms with Crippen LogP contribution in [0.25, 0.3) is 0 Å². The molecular formula is H3NO17P4Zr3. The topological polar surface area (TPSA) is 391 Å². The number of nitrogens with two attached hydrogens (primary N) is 1. The van der Waals surface area contributed by atoms with E-state index in [1.54, 1.807) is 0 Å². The largest absolute Gasteiger partial charge is 4.00 e. The minimum absolute atomic E-state index is 0. The van der Waals surface area contributed by atoms with Gasteiger partial charge in [0, 0.05) is 0 Å². The van der Waals surface area contributed by atoms with Crippen LogP contribution in [0.5, 0.6) is 0 Å². The normalized spacial score (nSPS) is 9.68. The first-order valence-electron chi connectivity index (χ1n) is 3.18. The summed E-state index contributed by atoms with van der Waals surface area (Å²) < 4.78 is 34.2. The molecule has 0 aliphatic rings. The zero-order chi connectivity index (χ0) is 20.0. The molecule has 0 rings (SSSR count). The third-order valence-electron chi connectivity index (χ3n) is 0. The molecule has 0 bridgehead atoms. The van der Waals surface area contributed by atoms with Gasteiger partial charge >= 0.3 is 78.6 Å². The zero-order valence-electron chi connectivity index (χ0n) is 10.8. The summed E-state index contributed by atoms with van der Waals surface area (Å²) in [6, 6.07) is 0. The first-order chi connectivity index (χ1) is 9.00. The van der Waals surface area contributed by atoms with Crippen molar-refractivity contribution in [3.05, 3.63) is 0 Å². The van der Waals surface area contributed by atoms with E-state index in [-0.39, 0.29) is 78.6 Å². The summed E-state index contributed by atoms with van der Waals surface area (Å²) in [7, 11) is -21.6. The number of phosphoric acid groups is 4. The van der Waals surface area contributed by atoms with Gasteiger partial charge in [0.15, 0.2) is 0 Å². The van der Waals surface area contributed by atoms with Gasteiger partial charge in [-0.3, -0.25) is 0 Å². The molecule has 0 aliphatic carbocycles. The zero-order valence-corrected chi connectivity index (χ0v) is 21.8. The van der Waals surface area contributed by atoms with Crippen molar-refractivity contribution in [2.75, 3.05) is 0 Å². The monoisotopic (exact) mass is 683 g/mol. The van der Waals surface area contributed by atoms with Crippen LogP contribution in [0.15, 0.2) is 0 Å². The molecule has 0 saturated heterocycles. The van der Waals surface area contributed by atoms with Gasteiger partial charge in [0.25, 0.3) is 0 Å². The van der Waals surface area contributed by atoms with Gasteiger partial charge in [0.2, 0.25) is 0 Å². The quantitative estimate of drug-likeness (QED) is 0.176. The van der Waals surface area contributed by atoms with Crippen LogP contribution in [0.4, 0.5) is 0 Å². The molecular weight excluding hydrogens is 684 g/mol. The SMILES string of the molecule is NO.O=P([O-])([O-])[O-].O=P([O-])([O-])[O-].O=P([O-])([O-])[O-].O=P([O-])([O-])[O-].[Zr+4].[Zr+4].[Zr+4].